The summed E-state index contributed by atoms with van der Waals surface area (Å²) in [7, 11) is 0. The Hall–Kier alpha value is -1.73. The maximum Gasteiger partial charge on any atom is 0.261 e. The second kappa shape index (κ2) is 6.88. The Morgan fingerprint density at radius 3 is 2.88 bits per heavy atom. The molecule has 0 unspecified atom stereocenters. The fourth-order valence-electron chi connectivity index (χ4n) is 3.25. The lowest BCUT2D eigenvalue weighted by molar-refractivity contribution is -0.131. The van der Waals surface area contributed by atoms with Crippen LogP contribution < -0.4 is 5.32 Å². The molecule has 4 rings (SSSR count). The van der Waals surface area contributed by atoms with E-state index >= 15 is 0 Å². The van der Waals surface area contributed by atoms with Crippen LogP contribution in [0.3, 0.4) is 0 Å². The van der Waals surface area contributed by atoms with Crippen LogP contribution in [-0.4, -0.2) is 34.3 Å². The number of thiazole rings is 1. The number of nitrogens with zero attached hydrogens (tertiary/aromatic N) is 2. The molecule has 5 nitrogen and oxygen atoms in total. The lowest BCUT2D eigenvalue weighted by atomic mass is 10.1. The van der Waals surface area contributed by atoms with Gasteiger partial charge in [0.1, 0.15) is 0 Å². The molecule has 1 saturated heterocycles. The van der Waals surface area contributed by atoms with Crippen molar-refractivity contribution in [1.29, 1.82) is 0 Å². The number of carbonyl (C=O) groups excluding carboxylic acids is 2. The van der Waals surface area contributed by atoms with E-state index in [1.807, 2.05) is 29.3 Å². The number of thiophene rings is 1. The zero-order valence-corrected chi connectivity index (χ0v) is 15.8. The molecule has 1 aliphatic heterocycles. The predicted molar refractivity (Wildman–Crippen MR) is 99.1 cm³/mol. The SMILES string of the molecule is Cc1nc(CC(=O)N2CCC[C@@H]2c2ccc(C(=O)NC3CC3)s2)cs1. The first-order chi connectivity index (χ1) is 12.1. The third-order valence-corrected chi connectivity index (χ3v) is 6.67. The van der Waals surface area contributed by atoms with E-state index < -0.39 is 0 Å². The number of hydrogen-bond donors (Lipinski definition) is 1. The van der Waals surface area contributed by atoms with Crippen molar-refractivity contribution in [3.05, 3.63) is 38.0 Å². The Bertz CT molecular complexity index is 794. The maximum absolute atomic E-state index is 12.7. The van der Waals surface area contributed by atoms with Crippen molar-refractivity contribution in [3.63, 3.8) is 0 Å². The minimum atomic E-state index is 0.0209. The predicted octanol–water partition coefficient (Wildman–Crippen LogP) is 3.31. The summed E-state index contributed by atoms with van der Waals surface area (Å²) in [5.74, 6) is 0.151. The molecule has 0 aromatic carbocycles. The van der Waals surface area contributed by atoms with Gasteiger partial charge in [0.05, 0.1) is 28.0 Å². The van der Waals surface area contributed by atoms with E-state index in [0.29, 0.717) is 12.5 Å². The van der Waals surface area contributed by atoms with E-state index in [1.165, 1.54) is 11.3 Å². The van der Waals surface area contributed by atoms with Crippen LogP contribution in [0.5, 0.6) is 0 Å². The van der Waals surface area contributed by atoms with Gasteiger partial charge in [0.2, 0.25) is 5.91 Å². The molecule has 25 heavy (non-hydrogen) atoms. The van der Waals surface area contributed by atoms with Gasteiger partial charge in [-0.05, 0) is 44.7 Å². The molecule has 2 fully saturated rings. The van der Waals surface area contributed by atoms with E-state index in [9.17, 15) is 9.59 Å². The highest BCUT2D eigenvalue weighted by molar-refractivity contribution is 7.14. The first-order valence-corrected chi connectivity index (χ1v) is 10.4. The maximum atomic E-state index is 12.7. The number of carbonyl (C=O) groups is 2. The Morgan fingerprint density at radius 2 is 2.16 bits per heavy atom. The molecule has 2 amide bonds. The minimum absolute atomic E-state index is 0.0209. The zero-order chi connectivity index (χ0) is 17.4. The fraction of sp³-hybridized carbons (Fsp3) is 0.500. The molecular weight excluding hydrogens is 354 g/mol. The van der Waals surface area contributed by atoms with Gasteiger partial charge in [-0.15, -0.1) is 22.7 Å². The lowest BCUT2D eigenvalue weighted by Crippen LogP contribution is -2.31. The highest BCUT2D eigenvalue weighted by Gasteiger charge is 2.32. The normalized spacial score (nSPS) is 20.0. The third kappa shape index (κ3) is 3.77. The molecule has 2 aromatic rings. The summed E-state index contributed by atoms with van der Waals surface area (Å²) < 4.78 is 0. The van der Waals surface area contributed by atoms with Crippen molar-refractivity contribution < 1.29 is 9.59 Å². The monoisotopic (exact) mass is 375 g/mol. The first-order valence-electron chi connectivity index (χ1n) is 8.71. The number of rotatable bonds is 5. The average Bonchev–Trinajstić information content (AvgIpc) is 3.00. The largest absolute Gasteiger partial charge is 0.349 e. The number of nitrogens with one attached hydrogen (secondary N) is 1. The number of amides is 2. The van der Waals surface area contributed by atoms with Crippen LogP contribution in [0.25, 0.3) is 0 Å². The Labute approximate surface area is 155 Å². The van der Waals surface area contributed by atoms with Gasteiger partial charge in [-0.25, -0.2) is 4.98 Å². The van der Waals surface area contributed by atoms with Gasteiger partial charge in [-0.3, -0.25) is 9.59 Å². The number of likely N-dealkylation sites (tertiary alicyclic amines) is 1. The molecule has 1 N–H and O–H groups in total. The van der Waals surface area contributed by atoms with Crippen LogP contribution in [0.1, 0.15) is 57.0 Å². The molecule has 1 saturated carbocycles. The van der Waals surface area contributed by atoms with Crippen LogP contribution in [0.4, 0.5) is 0 Å². The van der Waals surface area contributed by atoms with Gasteiger partial charge in [0.15, 0.2) is 0 Å². The lowest BCUT2D eigenvalue weighted by Gasteiger charge is -2.23. The van der Waals surface area contributed by atoms with Gasteiger partial charge in [-0.1, -0.05) is 0 Å². The van der Waals surface area contributed by atoms with Gasteiger partial charge in [-0.2, -0.15) is 0 Å². The average molecular weight is 376 g/mol. The molecule has 132 valence electrons. The molecule has 2 aromatic heterocycles. The molecule has 0 spiro atoms. The quantitative estimate of drug-likeness (QED) is 0.872. The first kappa shape index (κ1) is 16.7. The van der Waals surface area contributed by atoms with Crippen molar-refractivity contribution in [2.24, 2.45) is 0 Å². The summed E-state index contributed by atoms with van der Waals surface area (Å²) in [6, 6.07) is 4.36. The van der Waals surface area contributed by atoms with E-state index in [-0.39, 0.29) is 17.9 Å². The minimum Gasteiger partial charge on any atom is -0.349 e. The second-order valence-corrected chi connectivity index (χ2v) is 8.91. The summed E-state index contributed by atoms with van der Waals surface area (Å²) in [5, 5.41) is 5.98. The fourth-order valence-corrected chi connectivity index (χ4v) is 4.92. The smallest absolute Gasteiger partial charge is 0.261 e. The van der Waals surface area contributed by atoms with Gasteiger partial charge in [0.25, 0.3) is 5.91 Å². The standard InChI is InChI=1S/C18H21N3O2S2/c1-11-19-13(10-24-11)9-17(22)21-8-2-3-14(21)15-6-7-16(25-15)18(23)20-12-4-5-12/h6-7,10,12,14H,2-5,8-9H2,1H3,(H,20,23)/t14-/m1/s1. The van der Waals surface area contributed by atoms with Crippen LogP contribution in [-0.2, 0) is 11.2 Å². The van der Waals surface area contributed by atoms with Gasteiger partial charge in [0, 0.05) is 22.8 Å². The van der Waals surface area contributed by atoms with E-state index in [0.717, 1.165) is 52.7 Å². The Kier molecular flexibility index (Phi) is 4.60. The zero-order valence-electron chi connectivity index (χ0n) is 14.2. The summed E-state index contributed by atoms with van der Waals surface area (Å²) in [6.07, 6.45) is 4.51. The molecule has 1 aliphatic carbocycles. The molecule has 2 aliphatic rings. The van der Waals surface area contributed by atoms with E-state index in [2.05, 4.69) is 10.3 Å². The molecule has 0 radical (unpaired) electrons. The van der Waals surface area contributed by atoms with Crippen molar-refractivity contribution in [1.82, 2.24) is 15.2 Å². The summed E-state index contributed by atoms with van der Waals surface area (Å²) in [4.78, 5) is 33.1. The highest BCUT2D eigenvalue weighted by atomic mass is 32.1. The molecule has 0 bridgehead atoms. The van der Waals surface area contributed by atoms with Gasteiger partial charge < -0.3 is 10.2 Å². The second-order valence-electron chi connectivity index (χ2n) is 6.73. The Balaban J connectivity index is 1.44. The third-order valence-electron chi connectivity index (χ3n) is 4.66. The number of aromatic nitrogens is 1. The van der Waals surface area contributed by atoms with E-state index in [1.54, 1.807) is 11.3 Å². The summed E-state index contributed by atoms with van der Waals surface area (Å²) in [6.45, 7) is 2.74. The molecule has 1 atom stereocenters. The van der Waals surface area contributed by atoms with Crippen LogP contribution >= 0.6 is 22.7 Å². The van der Waals surface area contributed by atoms with Crippen molar-refractivity contribution >= 4 is 34.5 Å². The van der Waals surface area contributed by atoms with Crippen molar-refractivity contribution in [3.8, 4) is 0 Å². The summed E-state index contributed by atoms with van der Waals surface area (Å²) in [5.41, 5.74) is 0.855. The highest BCUT2D eigenvalue weighted by Crippen LogP contribution is 2.36. The van der Waals surface area contributed by atoms with Crippen molar-refractivity contribution in [2.75, 3.05) is 6.54 Å². The number of hydrogen-bond acceptors (Lipinski definition) is 5. The van der Waals surface area contributed by atoms with Crippen LogP contribution in [0, 0.1) is 6.92 Å². The van der Waals surface area contributed by atoms with Crippen LogP contribution in [0.15, 0.2) is 17.5 Å². The molecular formula is C18H21N3O2S2. The summed E-state index contributed by atoms with van der Waals surface area (Å²) >= 11 is 3.10. The van der Waals surface area contributed by atoms with Gasteiger partial charge >= 0.3 is 0 Å². The molecule has 7 heteroatoms. The van der Waals surface area contributed by atoms with Crippen molar-refractivity contribution in [2.45, 2.75) is 51.1 Å². The number of aryl methyl sites for hydroxylation is 1. The molecule has 3 heterocycles. The van der Waals surface area contributed by atoms with E-state index in [4.69, 9.17) is 0 Å². The van der Waals surface area contributed by atoms with Crippen LogP contribution in [0.2, 0.25) is 0 Å². The topological polar surface area (TPSA) is 62.3 Å². The Morgan fingerprint density at radius 1 is 1.32 bits per heavy atom.